The van der Waals surface area contributed by atoms with Crippen LogP contribution in [0.3, 0.4) is 0 Å². The number of amides is 1. The number of sulfonamides is 1. The number of aromatic nitrogens is 3. The van der Waals surface area contributed by atoms with Crippen molar-refractivity contribution >= 4 is 45.2 Å². The number of benzene rings is 2. The van der Waals surface area contributed by atoms with Crippen LogP contribution in [-0.2, 0) is 10.0 Å². The third-order valence-corrected chi connectivity index (χ3v) is 7.76. The summed E-state index contributed by atoms with van der Waals surface area (Å²) in [7, 11) is -3.84. The van der Waals surface area contributed by atoms with Crippen molar-refractivity contribution in [1.82, 2.24) is 15.0 Å². The summed E-state index contributed by atoms with van der Waals surface area (Å²) in [5.74, 6) is 0.864. The van der Waals surface area contributed by atoms with Gasteiger partial charge in [0.05, 0.1) is 10.5 Å². The molecule has 0 radical (unpaired) electrons. The van der Waals surface area contributed by atoms with Crippen molar-refractivity contribution < 1.29 is 18.3 Å². The zero-order valence-electron chi connectivity index (χ0n) is 21.5. The van der Waals surface area contributed by atoms with Crippen molar-refractivity contribution in [1.29, 1.82) is 0 Å². The molecule has 12 nitrogen and oxygen atoms in total. The number of phenolic OH excluding ortho intramolecular Hbond substituents is 1. The number of hydrogen-bond donors (Lipinski definition) is 4. The highest BCUT2D eigenvalue weighted by atomic mass is 32.2. The van der Waals surface area contributed by atoms with Gasteiger partial charge in [0.25, 0.3) is 5.91 Å². The first kappa shape index (κ1) is 26.6. The molecule has 1 aromatic heterocycles. The number of primary sulfonamides is 1. The molecule has 1 amide bonds. The summed E-state index contributed by atoms with van der Waals surface area (Å²) in [4.78, 5) is 31.2. The Hall–Kier alpha value is -3.97. The van der Waals surface area contributed by atoms with E-state index in [0.717, 1.165) is 51.9 Å². The number of nitrogens with zero attached hydrogens (tertiary/aromatic N) is 5. The number of phenols is 1. The van der Waals surface area contributed by atoms with Crippen LogP contribution in [0.1, 0.15) is 48.9 Å². The normalized spacial score (nSPS) is 16.1. The number of carbonyl (C=O) groups is 1. The Morgan fingerprint density at radius 1 is 0.795 bits per heavy atom. The van der Waals surface area contributed by atoms with E-state index in [-0.39, 0.29) is 16.2 Å². The van der Waals surface area contributed by atoms with E-state index in [2.05, 4.69) is 30.4 Å². The molecule has 13 heteroatoms. The Kier molecular flexibility index (Phi) is 7.79. The molecule has 5 rings (SSSR count). The first-order valence-corrected chi connectivity index (χ1v) is 14.6. The molecule has 0 aliphatic carbocycles. The lowest BCUT2D eigenvalue weighted by Gasteiger charge is -2.30. The summed E-state index contributed by atoms with van der Waals surface area (Å²) in [5.41, 5.74) is 0.923. The molecule has 0 unspecified atom stereocenters. The van der Waals surface area contributed by atoms with E-state index in [4.69, 9.17) is 10.1 Å². The van der Waals surface area contributed by atoms with Crippen LogP contribution in [-0.4, -0.2) is 60.6 Å². The van der Waals surface area contributed by atoms with Gasteiger partial charge in [-0.15, -0.1) is 0 Å². The third kappa shape index (κ3) is 6.55. The largest absolute Gasteiger partial charge is 0.507 e. The van der Waals surface area contributed by atoms with Gasteiger partial charge in [0, 0.05) is 43.6 Å². The molecule has 0 bridgehead atoms. The van der Waals surface area contributed by atoms with Crippen molar-refractivity contribution in [3.63, 3.8) is 0 Å². The van der Waals surface area contributed by atoms with E-state index in [1.807, 2.05) is 0 Å². The zero-order chi connectivity index (χ0) is 27.4. The molecule has 0 spiro atoms. The number of rotatable bonds is 7. The fourth-order valence-corrected chi connectivity index (χ4v) is 5.25. The molecule has 39 heavy (non-hydrogen) atoms. The van der Waals surface area contributed by atoms with Crippen LogP contribution in [0.5, 0.6) is 5.75 Å². The van der Waals surface area contributed by atoms with E-state index < -0.39 is 15.9 Å². The lowest BCUT2D eigenvalue weighted by Crippen LogP contribution is -2.34. The predicted octanol–water partition coefficient (Wildman–Crippen LogP) is 3.20. The molecule has 5 N–H and O–H groups in total. The van der Waals surface area contributed by atoms with Crippen molar-refractivity contribution in [3.8, 4) is 5.75 Å². The molecule has 2 aliphatic rings. The number of nitrogens with one attached hydrogen (secondary N) is 2. The van der Waals surface area contributed by atoms with E-state index >= 15 is 0 Å². The number of piperidine rings is 2. The third-order valence-electron chi connectivity index (χ3n) is 6.83. The Morgan fingerprint density at radius 3 is 1.85 bits per heavy atom. The van der Waals surface area contributed by atoms with Crippen LogP contribution >= 0.6 is 0 Å². The van der Waals surface area contributed by atoms with Gasteiger partial charge in [-0.05, 0) is 74.9 Å². The lowest BCUT2D eigenvalue weighted by atomic mass is 10.1. The summed E-state index contributed by atoms with van der Waals surface area (Å²) in [6, 6.07) is 10.0. The summed E-state index contributed by atoms with van der Waals surface area (Å²) in [6.07, 6.45) is 6.79. The highest BCUT2D eigenvalue weighted by molar-refractivity contribution is 7.89. The van der Waals surface area contributed by atoms with Crippen LogP contribution in [0, 0.1) is 0 Å². The van der Waals surface area contributed by atoms with Crippen LogP contribution < -0.4 is 25.6 Å². The Bertz CT molecular complexity index is 1400. The van der Waals surface area contributed by atoms with Gasteiger partial charge in [0.2, 0.25) is 27.9 Å². The topological polar surface area (TPSA) is 167 Å². The zero-order valence-corrected chi connectivity index (χ0v) is 22.3. The maximum absolute atomic E-state index is 12.7. The van der Waals surface area contributed by atoms with Crippen molar-refractivity contribution in [3.05, 3.63) is 48.0 Å². The minimum absolute atomic E-state index is 0.0507. The lowest BCUT2D eigenvalue weighted by molar-refractivity contribution is 0.102. The molecule has 206 valence electrons. The first-order valence-electron chi connectivity index (χ1n) is 13.1. The SMILES string of the molecule is NS(=O)(=O)c1ccc(NC(=O)c2ccc(Nc3nc(N4CCCCC4)nc(N4CCCCC4)n3)cc2O)cc1. The summed E-state index contributed by atoms with van der Waals surface area (Å²) in [5, 5.41) is 21.5. The minimum Gasteiger partial charge on any atom is -0.507 e. The quantitative estimate of drug-likeness (QED) is 0.342. The molecule has 2 aromatic carbocycles. The monoisotopic (exact) mass is 552 g/mol. The molecular formula is C26H32N8O4S. The molecule has 2 aliphatic heterocycles. The number of aromatic hydroxyl groups is 1. The number of hydrogen-bond acceptors (Lipinski definition) is 10. The standard InChI is InChI=1S/C26H32N8O4S/c27-39(37,38)20-10-7-18(8-11-20)28-23(36)21-12-9-19(17-22(21)35)29-24-30-25(33-13-3-1-4-14-33)32-26(31-24)34-15-5-2-6-16-34/h7-12,17,35H,1-6,13-16H2,(H,28,36)(H2,27,37,38)(H,29,30,31,32). The van der Waals surface area contributed by atoms with Crippen LogP contribution in [0.4, 0.5) is 29.2 Å². The van der Waals surface area contributed by atoms with Crippen molar-refractivity contribution in [2.45, 2.75) is 43.4 Å². The Labute approximate surface area is 227 Å². The van der Waals surface area contributed by atoms with Gasteiger partial charge in [-0.1, -0.05) is 0 Å². The number of nitrogens with two attached hydrogens (primary N) is 1. The van der Waals surface area contributed by atoms with E-state index in [1.165, 1.54) is 49.2 Å². The fraction of sp³-hybridized carbons (Fsp3) is 0.385. The van der Waals surface area contributed by atoms with Crippen molar-refractivity contribution in [2.75, 3.05) is 46.6 Å². The second-order valence-electron chi connectivity index (χ2n) is 9.73. The van der Waals surface area contributed by atoms with Gasteiger partial charge >= 0.3 is 0 Å². The van der Waals surface area contributed by atoms with E-state index in [0.29, 0.717) is 29.2 Å². The van der Waals surface area contributed by atoms with Gasteiger partial charge in [-0.2, -0.15) is 15.0 Å². The van der Waals surface area contributed by atoms with E-state index in [1.54, 1.807) is 6.07 Å². The van der Waals surface area contributed by atoms with Gasteiger partial charge in [-0.3, -0.25) is 4.79 Å². The average Bonchev–Trinajstić information content (AvgIpc) is 2.93. The van der Waals surface area contributed by atoms with Gasteiger partial charge in [0.15, 0.2) is 0 Å². The maximum Gasteiger partial charge on any atom is 0.259 e. The molecule has 0 atom stereocenters. The Morgan fingerprint density at radius 2 is 1.33 bits per heavy atom. The molecule has 0 saturated carbocycles. The molecule has 3 aromatic rings. The molecule has 2 saturated heterocycles. The highest BCUT2D eigenvalue weighted by Crippen LogP contribution is 2.27. The first-order chi connectivity index (χ1) is 18.8. The second kappa shape index (κ2) is 11.4. The molecule has 3 heterocycles. The van der Waals surface area contributed by atoms with Gasteiger partial charge in [-0.25, -0.2) is 13.6 Å². The van der Waals surface area contributed by atoms with Crippen molar-refractivity contribution in [2.24, 2.45) is 5.14 Å². The van der Waals surface area contributed by atoms with Crippen LogP contribution in [0.2, 0.25) is 0 Å². The Balaban J connectivity index is 1.33. The average molecular weight is 553 g/mol. The molecular weight excluding hydrogens is 520 g/mol. The predicted molar refractivity (Wildman–Crippen MR) is 149 cm³/mol. The summed E-state index contributed by atoms with van der Waals surface area (Å²) < 4.78 is 22.9. The maximum atomic E-state index is 12.7. The fourth-order valence-electron chi connectivity index (χ4n) is 4.74. The highest BCUT2D eigenvalue weighted by Gasteiger charge is 2.21. The summed E-state index contributed by atoms with van der Waals surface area (Å²) in [6.45, 7) is 3.60. The van der Waals surface area contributed by atoms with E-state index in [9.17, 15) is 18.3 Å². The smallest absolute Gasteiger partial charge is 0.259 e. The summed E-state index contributed by atoms with van der Waals surface area (Å²) >= 11 is 0. The number of carbonyl (C=O) groups excluding carboxylic acids is 1. The second-order valence-corrected chi connectivity index (χ2v) is 11.3. The van der Waals surface area contributed by atoms with Crippen LogP contribution in [0.15, 0.2) is 47.4 Å². The van der Waals surface area contributed by atoms with Gasteiger partial charge < -0.3 is 25.5 Å². The van der Waals surface area contributed by atoms with Crippen LogP contribution in [0.25, 0.3) is 0 Å². The number of anilines is 5. The minimum atomic E-state index is -3.84. The molecule has 2 fully saturated rings. The van der Waals surface area contributed by atoms with Gasteiger partial charge in [0.1, 0.15) is 5.75 Å².